The van der Waals surface area contributed by atoms with E-state index in [9.17, 15) is 18.3 Å². The van der Waals surface area contributed by atoms with Gasteiger partial charge in [-0.15, -0.1) is 0 Å². The van der Waals surface area contributed by atoms with Gasteiger partial charge in [-0.2, -0.15) is 8.42 Å². The third-order valence-electron chi connectivity index (χ3n) is 2.85. The lowest BCUT2D eigenvalue weighted by molar-refractivity contribution is -0.114. The van der Waals surface area contributed by atoms with Crippen molar-refractivity contribution >= 4 is 33.9 Å². The van der Waals surface area contributed by atoms with E-state index in [-0.39, 0.29) is 12.3 Å². The molecule has 0 bridgehead atoms. The fourth-order valence-corrected chi connectivity index (χ4v) is 2.47. The molecule has 7 heteroatoms. The van der Waals surface area contributed by atoms with E-state index in [1.165, 1.54) is 19.1 Å². The summed E-state index contributed by atoms with van der Waals surface area (Å²) in [7, 11) is -4.62. The highest BCUT2D eigenvalue weighted by atomic mass is 32.2. The Balaban J connectivity index is 2.58. The molecular weight excluding hydrogens is 270 g/mol. The average molecular weight is 283 g/mol. The molecule has 0 aliphatic heterocycles. The maximum atomic E-state index is 11.2. The van der Waals surface area contributed by atoms with Crippen molar-refractivity contribution in [2.45, 2.75) is 18.3 Å². The number of carbonyl (C=O) groups is 1. The summed E-state index contributed by atoms with van der Waals surface area (Å²) in [4.78, 5) is 8.63. The number of hydrogen-bond acceptors (Lipinski definition) is 4. The van der Waals surface area contributed by atoms with Crippen molar-refractivity contribution in [3.05, 3.63) is 28.6 Å². The molecule has 0 saturated heterocycles. The van der Waals surface area contributed by atoms with Gasteiger partial charge in [0.1, 0.15) is 0 Å². The van der Waals surface area contributed by atoms with Gasteiger partial charge in [0.2, 0.25) is 10.8 Å². The van der Waals surface area contributed by atoms with Gasteiger partial charge < -0.3 is 10.4 Å². The van der Waals surface area contributed by atoms with E-state index in [2.05, 4.69) is 5.32 Å². The Morgan fingerprint density at radius 2 is 2.05 bits per heavy atom. The van der Waals surface area contributed by atoms with Crippen LogP contribution in [-0.2, 0) is 14.9 Å². The van der Waals surface area contributed by atoms with Crippen molar-refractivity contribution in [1.29, 1.82) is 0 Å². The zero-order valence-corrected chi connectivity index (χ0v) is 10.9. The van der Waals surface area contributed by atoms with Gasteiger partial charge in [0.15, 0.2) is 0 Å². The summed E-state index contributed by atoms with van der Waals surface area (Å²) in [5, 5.41) is 13.6. The van der Waals surface area contributed by atoms with E-state index in [1.807, 2.05) is 0 Å². The number of benzene rings is 1. The summed E-state index contributed by atoms with van der Waals surface area (Å²) in [5.41, 5.74) is 0.482. The summed E-state index contributed by atoms with van der Waals surface area (Å²) >= 11 is 0. The minimum Gasteiger partial charge on any atom is -0.369 e. The van der Waals surface area contributed by atoms with Crippen LogP contribution in [0.1, 0.15) is 13.3 Å². The number of hydrogen-bond donors (Lipinski definition) is 3. The fourth-order valence-electron chi connectivity index (χ4n) is 1.90. The Morgan fingerprint density at radius 3 is 2.63 bits per heavy atom. The summed E-state index contributed by atoms with van der Waals surface area (Å²) < 4.78 is 31.4. The molecule has 0 fully saturated rings. The molecule has 0 heterocycles. The Kier molecular flexibility index (Phi) is 3.21. The fraction of sp³-hybridized carbons (Fsp3) is 0.250. The van der Waals surface area contributed by atoms with Gasteiger partial charge in [0.05, 0.1) is 0 Å². The molecule has 0 radical (unpaired) electrons. The molecule has 1 amide bonds. The Labute approximate surface area is 109 Å². The molecule has 1 aliphatic rings. The molecule has 1 aliphatic carbocycles. The highest BCUT2D eigenvalue weighted by molar-refractivity contribution is 7.87. The van der Waals surface area contributed by atoms with E-state index in [0.717, 1.165) is 11.3 Å². The minimum atomic E-state index is -4.62. The maximum Gasteiger partial charge on any atom is 0.299 e. The van der Waals surface area contributed by atoms with Crippen LogP contribution in [0.3, 0.4) is 0 Å². The topological polar surface area (TPSA) is 104 Å². The highest BCUT2D eigenvalue weighted by Crippen LogP contribution is 2.21. The minimum absolute atomic E-state index is 0.224. The summed E-state index contributed by atoms with van der Waals surface area (Å²) in [6.07, 6.45) is 2.36. The Hall–Kier alpha value is -1.70. The standard InChI is InChI=1S/C12H13NO5S/c1-8(14)13-11-3-2-9-4-5-12(15,19(16,17)18)7-10(9)6-11/h2-4,6-7,15H,5H2,1H3,(H,13,14)(H,16,17,18). The molecule has 0 aromatic heterocycles. The lowest BCUT2D eigenvalue weighted by atomic mass is 10.0. The number of aliphatic hydroxyl groups is 1. The summed E-state index contributed by atoms with van der Waals surface area (Å²) in [5.74, 6) is -0.259. The van der Waals surface area contributed by atoms with E-state index in [0.29, 0.717) is 10.9 Å². The molecule has 1 atom stereocenters. The SMILES string of the molecule is CC(=O)Nc1ccc2c(c1)=CC(O)(S(=O)(=O)O)CC=2. The number of nitrogens with one attached hydrogen (secondary N) is 1. The number of carbonyl (C=O) groups excluding carboxylic acids is 1. The van der Waals surface area contributed by atoms with E-state index < -0.39 is 15.1 Å². The smallest absolute Gasteiger partial charge is 0.299 e. The van der Waals surface area contributed by atoms with Crippen molar-refractivity contribution < 1.29 is 22.9 Å². The molecule has 0 saturated carbocycles. The second-order valence-corrected chi connectivity index (χ2v) is 6.05. The molecular formula is C12H13NO5S. The van der Waals surface area contributed by atoms with E-state index in [4.69, 9.17) is 4.55 Å². The molecule has 3 N–H and O–H groups in total. The molecule has 19 heavy (non-hydrogen) atoms. The second-order valence-electron chi connectivity index (χ2n) is 4.40. The number of anilines is 1. The van der Waals surface area contributed by atoms with Crippen molar-refractivity contribution in [1.82, 2.24) is 0 Å². The quantitative estimate of drug-likeness (QED) is 0.616. The molecule has 1 aromatic carbocycles. The van der Waals surface area contributed by atoms with Crippen molar-refractivity contribution in [3.8, 4) is 0 Å². The van der Waals surface area contributed by atoms with E-state index in [1.54, 1.807) is 12.1 Å². The number of rotatable bonds is 2. The highest BCUT2D eigenvalue weighted by Gasteiger charge is 2.38. The first-order chi connectivity index (χ1) is 8.71. The molecule has 1 aromatic rings. The zero-order chi connectivity index (χ0) is 14.3. The second kappa shape index (κ2) is 4.44. The Bertz CT molecular complexity index is 753. The van der Waals surface area contributed by atoms with Crippen LogP contribution in [0.2, 0.25) is 0 Å². The van der Waals surface area contributed by atoms with Gasteiger partial charge in [0.25, 0.3) is 10.1 Å². The summed E-state index contributed by atoms with van der Waals surface area (Å²) in [6.45, 7) is 1.35. The van der Waals surface area contributed by atoms with Crippen molar-refractivity contribution in [2.75, 3.05) is 5.32 Å². The first kappa shape index (κ1) is 13.7. The van der Waals surface area contributed by atoms with Crippen molar-refractivity contribution in [3.63, 3.8) is 0 Å². The van der Waals surface area contributed by atoms with Crippen LogP contribution in [0.4, 0.5) is 5.69 Å². The van der Waals surface area contributed by atoms with Gasteiger partial charge in [-0.3, -0.25) is 9.35 Å². The van der Waals surface area contributed by atoms with Crippen molar-refractivity contribution in [2.24, 2.45) is 0 Å². The van der Waals surface area contributed by atoms with Gasteiger partial charge >= 0.3 is 0 Å². The normalized spacial score (nSPS) is 21.8. The molecule has 2 rings (SSSR count). The first-order valence-corrected chi connectivity index (χ1v) is 6.95. The van der Waals surface area contributed by atoms with Gasteiger partial charge in [-0.05, 0) is 28.6 Å². The van der Waals surface area contributed by atoms with Crippen LogP contribution in [0.15, 0.2) is 18.2 Å². The number of amides is 1. The molecule has 0 spiro atoms. The van der Waals surface area contributed by atoms with Gasteiger partial charge in [-0.1, -0.05) is 12.1 Å². The van der Waals surface area contributed by atoms with Crippen LogP contribution in [0.5, 0.6) is 0 Å². The number of fused-ring (bicyclic) bond motifs is 1. The van der Waals surface area contributed by atoms with Crippen LogP contribution in [0, 0.1) is 0 Å². The third kappa shape index (κ3) is 2.67. The zero-order valence-electron chi connectivity index (χ0n) is 10.1. The monoisotopic (exact) mass is 283 g/mol. The first-order valence-electron chi connectivity index (χ1n) is 5.51. The van der Waals surface area contributed by atoms with Crippen LogP contribution in [0.25, 0.3) is 12.2 Å². The average Bonchev–Trinajstić information content (AvgIpc) is 2.26. The van der Waals surface area contributed by atoms with Crippen LogP contribution in [-0.4, -0.2) is 28.9 Å². The Morgan fingerprint density at radius 1 is 1.37 bits per heavy atom. The lowest BCUT2D eigenvalue weighted by Crippen LogP contribution is -2.43. The maximum absolute atomic E-state index is 11.2. The van der Waals surface area contributed by atoms with Gasteiger partial charge in [0, 0.05) is 19.0 Å². The van der Waals surface area contributed by atoms with Crippen LogP contribution >= 0.6 is 0 Å². The van der Waals surface area contributed by atoms with E-state index >= 15 is 0 Å². The van der Waals surface area contributed by atoms with Crippen LogP contribution < -0.4 is 15.8 Å². The summed E-state index contributed by atoms with van der Waals surface area (Å²) in [6, 6.07) is 4.89. The molecule has 6 nitrogen and oxygen atoms in total. The largest absolute Gasteiger partial charge is 0.369 e. The predicted molar refractivity (Wildman–Crippen MR) is 70.0 cm³/mol. The molecule has 102 valence electrons. The van der Waals surface area contributed by atoms with Gasteiger partial charge in [-0.25, -0.2) is 0 Å². The molecule has 1 unspecified atom stereocenters. The predicted octanol–water partition coefficient (Wildman–Crippen LogP) is -0.814. The third-order valence-corrected chi connectivity index (χ3v) is 4.03. The lowest BCUT2D eigenvalue weighted by Gasteiger charge is -2.21.